The van der Waals surface area contributed by atoms with E-state index in [9.17, 15) is 9.59 Å². The highest BCUT2D eigenvalue weighted by Crippen LogP contribution is 2.38. The predicted molar refractivity (Wildman–Crippen MR) is 154 cm³/mol. The van der Waals surface area contributed by atoms with Crippen molar-refractivity contribution in [2.75, 3.05) is 20.8 Å². The van der Waals surface area contributed by atoms with E-state index in [2.05, 4.69) is 29.5 Å². The first kappa shape index (κ1) is 28.6. The Balaban J connectivity index is 1.80. The molecular formula is C31H37N5O4. The van der Waals surface area contributed by atoms with Gasteiger partial charge in [-0.25, -0.2) is 4.68 Å². The molecule has 3 aromatic carbocycles. The number of amides is 2. The third-order valence-corrected chi connectivity index (χ3v) is 6.81. The van der Waals surface area contributed by atoms with E-state index in [4.69, 9.17) is 9.47 Å². The second kappa shape index (κ2) is 13.1. The van der Waals surface area contributed by atoms with Crippen molar-refractivity contribution in [3.05, 3.63) is 83.4 Å². The van der Waals surface area contributed by atoms with Gasteiger partial charge in [0.2, 0.25) is 11.8 Å². The molecule has 0 fully saturated rings. The minimum absolute atomic E-state index is 0.0889. The quantitative estimate of drug-likeness (QED) is 0.278. The Morgan fingerprint density at radius 2 is 1.73 bits per heavy atom. The summed E-state index contributed by atoms with van der Waals surface area (Å²) in [4.78, 5) is 29.7. The van der Waals surface area contributed by atoms with Crippen LogP contribution >= 0.6 is 0 Å². The number of carbonyl (C=O) groups is 2. The Labute approximate surface area is 235 Å². The smallest absolute Gasteiger partial charge is 0.247 e. The zero-order valence-electron chi connectivity index (χ0n) is 23.8. The summed E-state index contributed by atoms with van der Waals surface area (Å²) < 4.78 is 12.8. The van der Waals surface area contributed by atoms with Gasteiger partial charge in [-0.3, -0.25) is 9.59 Å². The molecule has 1 N–H and O–H groups in total. The molecule has 0 aliphatic heterocycles. The molecule has 9 nitrogen and oxygen atoms in total. The van der Waals surface area contributed by atoms with Gasteiger partial charge in [0, 0.05) is 18.7 Å². The number of hydrogen-bond donors (Lipinski definition) is 1. The monoisotopic (exact) mass is 543 g/mol. The number of fused-ring (bicyclic) bond motifs is 1. The van der Waals surface area contributed by atoms with Gasteiger partial charge in [-0.1, -0.05) is 73.2 Å². The average molecular weight is 544 g/mol. The maximum Gasteiger partial charge on any atom is 0.247 e. The van der Waals surface area contributed by atoms with Crippen molar-refractivity contribution in [2.24, 2.45) is 5.92 Å². The largest absolute Gasteiger partial charge is 0.493 e. The van der Waals surface area contributed by atoms with Gasteiger partial charge < -0.3 is 19.7 Å². The van der Waals surface area contributed by atoms with Gasteiger partial charge in [0.15, 0.2) is 11.5 Å². The zero-order valence-corrected chi connectivity index (χ0v) is 23.8. The van der Waals surface area contributed by atoms with E-state index >= 15 is 0 Å². The second-order valence-electron chi connectivity index (χ2n) is 10.2. The SMILES string of the molecule is COc1cccc([C@@H](C(=O)NCCC(C)C)N(Cc2ccc(C)cc2)C(=O)Cn2nnc3ccccc32)c1OC. The van der Waals surface area contributed by atoms with Crippen LogP contribution in [0.5, 0.6) is 11.5 Å². The van der Waals surface area contributed by atoms with Crippen LogP contribution < -0.4 is 14.8 Å². The summed E-state index contributed by atoms with van der Waals surface area (Å²) in [6.45, 7) is 6.81. The first-order chi connectivity index (χ1) is 19.3. The van der Waals surface area contributed by atoms with Crippen LogP contribution in [-0.2, 0) is 22.7 Å². The molecule has 0 unspecified atom stereocenters. The number of rotatable bonds is 12. The molecule has 0 aliphatic carbocycles. The Morgan fingerprint density at radius 3 is 2.42 bits per heavy atom. The summed E-state index contributed by atoms with van der Waals surface area (Å²) in [6.07, 6.45) is 0.810. The summed E-state index contributed by atoms with van der Waals surface area (Å²) in [5, 5.41) is 11.5. The lowest BCUT2D eigenvalue weighted by atomic mass is 10.0. The summed E-state index contributed by atoms with van der Waals surface area (Å²) in [5.41, 5.74) is 3.96. The van der Waals surface area contributed by atoms with Crippen molar-refractivity contribution < 1.29 is 19.1 Å². The molecule has 0 saturated carbocycles. The first-order valence-electron chi connectivity index (χ1n) is 13.4. The minimum Gasteiger partial charge on any atom is -0.493 e. The van der Waals surface area contributed by atoms with E-state index in [-0.39, 0.29) is 24.9 Å². The number of carbonyl (C=O) groups excluding carboxylic acids is 2. The van der Waals surface area contributed by atoms with E-state index in [1.807, 2.05) is 55.5 Å². The van der Waals surface area contributed by atoms with Gasteiger partial charge in [-0.05, 0) is 43.0 Å². The summed E-state index contributed by atoms with van der Waals surface area (Å²) in [6, 6.07) is 19.8. The molecule has 0 radical (unpaired) electrons. The molecule has 0 spiro atoms. The molecule has 0 bridgehead atoms. The molecular weight excluding hydrogens is 506 g/mol. The minimum atomic E-state index is -0.985. The predicted octanol–water partition coefficient (Wildman–Crippen LogP) is 4.69. The van der Waals surface area contributed by atoms with E-state index in [1.165, 1.54) is 7.11 Å². The van der Waals surface area contributed by atoms with Crippen molar-refractivity contribution in [3.8, 4) is 11.5 Å². The van der Waals surface area contributed by atoms with E-state index in [0.29, 0.717) is 35.0 Å². The molecule has 40 heavy (non-hydrogen) atoms. The van der Waals surface area contributed by atoms with Gasteiger partial charge in [0.05, 0.1) is 19.7 Å². The molecule has 4 aromatic rings. The topological polar surface area (TPSA) is 98.6 Å². The highest BCUT2D eigenvalue weighted by Gasteiger charge is 2.35. The average Bonchev–Trinajstić information content (AvgIpc) is 3.35. The van der Waals surface area contributed by atoms with Crippen LogP contribution in [0.2, 0.25) is 0 Å². The maximum atomic E-state index is 14.2. The zero-order chi connectivity index (χ0) is 28.6. The van der Waals surface area contributed by atoms with Crippen molar-refractivity contribution in [1.82, 2.24) is 25.2 Å². The van der Waals surface area contributed by atoms with Gasteiger partial charge >= 0.3 is 0 Å². The fraction of sp³-hybridized carbons (Fsp3) is 0.355. The number of benzene rings is 3. The molecule has 1 heterocycles. The van der Waals surface area contributed by atoms with Crippen LogP contribution in [0, 0.1) is 12.8 Å². The number of nitrogens with zero attached hydrogens (tertiary/aromatic N) is 4. The van der Waals surface area contributed by atoms with Gasteiger partial charge in [-0.2, -0.15) is 0 Å². The lowest BCUT2D eigenvalue weighted by Gasteiger charge is -2.32. The van der Waals surface area contributed by atoms with Crippen LogP contribution in [0.25, 0.3) is 11.0 Å². The van der Waals surface area contributed by atoms with Crippen LogP contribution in [0.3, 0.4) is 0 Å². The number of para-hydroxylation sites is 2. The normalized spacial score (nSPS) is 11.8. The molecule has 0 saturated heterocycles. The number of hydrogen-bond acceptors (Lipinski definition) is 6. The van der Waals surface area contributed by atoms with Crippen LogP contribution in [0.4, 0.5) is 0 Å². The van der Waals surface area contributed by atoms with Crippen molar-refractivity contribution >= 4 is 22.8 Å². The summed E-state index contributed by atoms with van der Waals surface area (Å²) in [5.74, 6) is 0.712. The molecule has 2 amide bonds. The Morgan fingerprint density at radius 1 is 0.975 bits per heavy atom. The molecule has 0 aliphatic rings. The number of ether oxygens (including phenoxy) is 2. The number of methoxy groups -OCH3 is 2. The van der Waals surface area contributed by atoms with Crippen LogP contribution in [0.1, 0.15) is 43.0 Å². The highest BCUT2D eigenvalue weighted by atomic mass is 16.5. The number of nitrogens with one attached hydrogen (secondary N) is 1. The molecule has 9 heteroatoms. The van der Waals surface area contributed by atoms with E-state index in [1.54, 1.807) is 34.9 Å². The van der Waals surface area contributed by atoms with Crippen LogP contribution in [-0.4, -0.2) is 52.5 Å². The number of aryl methyl sites for hydroxylation is 1. The Kier molecular flexibility index (Phi) is 9.37. The Hall–Kier alpha value is -4.40. The van der Waals surface area contributed by atoms with Gasteiger partial charge in [0.1, 0.15) is 18.1 Å². The van der Waals surface area contributed by atoms with Gasteiger partial charge in [0.25, 0.3) is 0 Å². The maximum absolute atomic E-state index is 14.2. The van der Waals surface area contributed by atoms with E-state index < -0.39 is 6.04 Å². The fourth-order valence-electron chi connectivity index (χ4n) is 4.63. The third-order valence-electron chi connectivity index (χ3n) is 6.81. The van der Waals surface area contributed by atoms with Crippen LogP contribution in [0.15, 0.2) is 66.7 Å². The lowest BCUT2D eigenvalue weighted by molar-refractivity contribution is -0.142. The second-order valence-corrected chi connectivity index (χ2v) is 10.2. The third kappa shape index (κ3) is 6.59. The first-order valence-corrected chi connectivity index (χ1v) is 13.4. The molecule has 1 atom stereocenters. The van der Waals surface area contributed by atoms with Crippen molar-refractivity contribution in [3.63, 3.8) is 0 Å². The van der Waals surface area contributed by atoms with Crippen molar-refractivity contribution in [1.29, 1.82) is 0 Å². The number of aromatic nitrogens is 3. The highest BCUT2D eigenvalue weighted by molar-refractivity contribution is 5.90. The standard InChI is InChI=1S/C31H37N5O4/c1-21(2)17-18-32-31(38)29(24-9-8-12-27(39-4)30(24)40-5)35(19-23-15-13-22(3)14-16-23)28(37)20-36-26-11-7-6-10-25(26)33-34-36/h6-16,21,29H,17-20H2,1-5H3,(H,32,38)/t29-/m0/s1. The van der Waals surface area contributed by atoms with E-state index in [0.717, 1.165) is 23.1 Å². The lowest BCUT2D eigenvalue weighted by Crippen LogP contribution is -2.45. The molecule has 4 rings (SSSR count). The Bertz CT molecular complexity index is 1450. The molecule has 1 aromatic heterocycles. The summed E-state index contributed by atoms with van der Waals surface area (Å²) >= 11 is 0. The molecule has 210 valence electrons. The van der Waals surface area contributed by atoms with Crippen molar-refractivity contribution in [2.45, 2.75) is 46.3 Å². The van der Waals surface area contributed by atoms with Gasteiger partial charge in [-0.15, -0.1) is 5.10 Å². The summed E-state index contributed by atoms with van der Waals surface area (Å²) in [7, 11) is 3.08. The fourth-order valence-corrected chi connectivity index (χ4v) is 4.63.